The number of carbonyl (C=O) groups excluding carboxylic acids is 1. The minimum absolute atomic E-state index is 0.110. The van der Waals surface area contributed by atoms with E-state index in [1.54, 1.807) is 28.8 Å². The summed E-state index contributed by atoms with van der Waals surface area (Å²) in [6.45, 7) is 2.54. The fraction of sp³-hybridized carbons (Fsp3) is 0.286. The van der Waals surface area contributed by atoms with Gasteiger partial charge in [0.25, 0.3) is 0 Å². The molecule has 0 bridgehead atoms. The Labute approximate surface area is 209 Å². The van der Waals surface area contributed by atoms with Gasteiger partial charge in [-0.1, -0.05) is 54.6 Å². The molecule has 8 nitrogen and oxygen atoms in total. The maximum absolute atomic E-state index is 12.4. The van der Waals surface area contributed by atoms with E-state index < -0.39 is 6.10 Å². The van der Waals surface area contributed by atoms with Crippen LogP contribution in [0.25, 0.3) is 11.0 Å². The molecule has 0 spiro atoms. The first-order chi connectivity index (χ1) is 17.5. The van der Waals surface area contributed by atoms with Crippen molar-refractivity contribution in [1.29, 1.82) is 0 Å². The number of aliphatic hydroxyl groups excluding tert-OH is 1. The molecule has 0 saturated heterocycles. The van der Waals surface area contributed by atoms with E-state index in [2.05, 4.69) is 22.0 Å². The van der Waals surface area contributed by atoms with E-state index in [0.717, 1.165) is 28.6 Å². The molecule has 0 aliphatic heterocycles. The number of rotatable bonds is 13. The number of para-hydroxylation sites is 2. The zero-order valence-electron chi connectivity index (χ0n) is 20.2. The highest BCUT2D eigenvalue weighted by atomic mass is 16.5. The second-order valence-corrected chi connectivity index (χ2v) is 8.93. The van der Waals surface area contributed by atoms with Gasteiger partial charge in [-0.2, -0.15) is 0 Å². The van der Waals surface area contributed by atoms with Crippen molar-refractivity contribution in [3.05, 3.63) is 100 Å². The number of nitrogens with two attached hydrogens (primary N) is 1. The fourth-order valence-corrected chi connectivity index (χ4v) is 4.31. The van der Waals surface area contributed by atoms with Gasteiger partial charge in [-0.15, -0.1) is 0 Å². The lowest BCUT2D eigenvalue weighted by atomic mass is 10.1. The second kappa shape index (κ2) is 12.2. The molecule has 3 aromatic carbocycles. The topological polar surface area (TPSA) is 114 Å². The lowest BCUT2D eigenvalue weighted by Crippen LogP contribution is -2.36. The first kappa shape index (κ1) is 25.2. The minimum Gasteiger partial charge on any atom is -0.491 e. The molecular weight excluding hydrogens is 456 g/mol. The number of aromatic amines is 1. The van der Waals surface area contributed by atoms with Crippen LogP contribution in [0.3, 0.4) is 0 Å². The molecule has 0 aliphatic carbocycles. The SMILES string of the molecule is NC(=O)Cc1ccc(OCC(O)CN(CCCn2c(=O)[nH]c3ccccc32)Cc2ccccc2)cc1. The van der Waals surface area contributed by atoms with E-state index in [1.165, 1.54) is 0 Å². The number of primary amides is 1. The number of aryl methyl sites for hydroxylation is 1. The van der Waals surface area contributed by atoms with Crippen LogP contribution in [0.4, 0.5) is 0 Å². The van der Waals surface area contributed by atoms with E-state index >= 15 is 0 Å². The van der Waals surface area contributed by atoms with Crippen molar-refractivity contribution in [2.75, 3.05) is 19.7 Å². The Bertz CT molecular complexity index is 1310. The fourth-order valence-electron chi connectivity index (χ4n) is 4.31. The summed E-state index contributed by atoms with van der Waals surface area (Å²) in [6, 6.07) is 24.9. The monoisotopic (exact) mass is 488 g/mol. The summed E-state index contributed by atoms with van der Waals surface area (Å²) in [7, 11) is 0. The highest BCUT2D eigenvalue weighted by Crippen LogP contribution is 2.14. The van der Waals surface area contributed by atoms with Crippen molar-refractivity contribution in [3.8, 4) is 5.75 Å². The molecule has 1 unspecified atom stereocenters. The Morgan fingerprint density at radius 2 is 1.72 bits per heavy atom. The van der Waals surface area contributed by atoms with Crippen LogP contribution in [-0.4, -0.2) is 51.3 Å². The predicted octanol–water partition coefficient (Wildman–Crippen LogP) is 2.69. The van der Waals surface area contributed by atoms with Crippen LogP contribution in [-0.2, 0) is 24.3 Å². The number of aromatic nitrogens is 2. The summed E-state index contributed by atoms with van der Waals surface area (Å²) >= 11 is 0. The number of hydrogen-bond donors (Lipinski definition) is 3. The molecule has 188 valence electrons. The summed E-state index contributed by atoms with van der Waals surface area (Å²) in [5.74, 6) is 0.239. The van der Waals surface area contributed by atoms with E-state index in [4.69, 9.17) is 10.5 Å². The normalized spacial score (nSPS) is 12.2. The van der Waals surface area contributed by atoms with Crippen molar-refractivity contribution in [2.45, 2.75) is 32.0 Å². The standard InChI is InChI=1S/C28H32N4O4/c29-27(34)17-21-11-13-24(14-12-21)36-20-23(33)19-31(18-22-7-2-1-3-8-22)15-6-16-32-26-10-5-4-9-25(26)30-28(32)35/h1-5,7-14,23,33H,6,15-20H2,(H2,29,34)(H,30,35). The number of carbonyl (C=O) groups is 1. The van der Waals surface area contributed by atoms with E-state index in [-0.39, 0.29) is 24.6 Å². The van der Waals surface area contributed by atoms with Gasteiger partial charge in [0.05, 0.1) is 17.5 Å². The summed E-state index contributed by atoms with van der Waals surface area (Å²) in [5.41, 5.74) is 8.82. The van der Waals surface area contributed by atoms with Crippen molar-refractivity contribution < 1.29 is 14.6 Å². The molecule has 1 atom stereocenters. The van der Waals surface area contributed by atoms with Crippen molar-refractivity contribution in [3.63, 3.8) is 0 Å². The molecule has 0 fully saturated rings. The zero-order valence-corrected chi connectivity index (χ0v) is 20.2. The molecule has 0 saturated carbocycles. The number of imidazole rings is 1. The largest absolute Gasteiger partial charge is 0.491 e. The lowest BCUT2D eigenvalue weighted by Gasteiger charge is -2.25. The van der Waals surface area contributed by atoms with Gasteiger partial charge in [-0.25, -0.2) is 4.79 Å². The smallest absolute Gasteiger partial charge is 0.326 e. The van der Waals surface area contributed by atoms with Crippen molar-refractivity contribution in [2.24, 2.45) is 5.73 Å². The Hall–Kier alpha value is -3.88. The second-order valence-electron chi connectivity index (χ2n) is 8.93. The average Bonchev–Trinajstić information content (AvgIpc) is 3.19. The zero-order chi connectivity index (χ0) is 25.3. The lowest BCUT2D eigenvalue weighted by molar-refractivity contribution is -0.117. The van der Waals surface area contributed by atoms with Crippen LogP contribution in [0, 0.1) is 0 Å². The highest BCUT2D eigenvalue weighted by Gasteiger charge is 2.14. The Morgan fingerprint density at radius 1 is 1.00 bits per heavy atom. The van der Waals surface area contributed by atoms with Crippen LogP contribution in [0.15, 0.2) is 83.7 Å². The third kappa shape index (κ3) is 7.07. The van der Waals surface area contributed by atoms with E-state index in [1.807, 2.05) is 42.5 Å². The maximum Gasteiger partial charge on any atom is 0.326 e. The first-order valence-corrected chi connectivity index (χ1v) is 12.1. The van der Waals surface area contributed by atoms with Crippen LogP contribution in [0.1, 0.15) is 17.5 Å². The van der Waals surface area contributed by atoms with E-state index in [0.29, 0.717) is 31.9 Å². The molecule has 36 heavy (non-hydrogen) atoms. The molecule has 1 amide bonds. The number of hydrogen-bond acceptors (Lipinski definition) is 5. The molecule has 4 rings (SSSR count). The number of H-pyrrole nitrogens is 1. The van der Waals surface area contributed by atoms with Crippen LogP contribution in [0.2, 0.25) is 0 Å². The Balaban J connectivity index is 1.34. The maximum atomic E-state index is 12.4. The average molecular weight is 489 g/mol. The summed E-state index contributed by atoms with van der Waals surface area (Å²) in [6.07, 6.45) is 0.237. The van der Waals surface area contributed by atoms with Gasteiger partial charge in [0, 0.05) is 26.2 Å². The third-order valence-corrected chi connectivity index (χ3v) is 6.00. The molecule has 0 aliphatic rings. The number of nitrogens with one attached hydrogen (secondary N) is 1. The Kier molecular flexibility index (Phi) is 8.54. The molecule has 1 heterocycles. The first-order valence-electron chi connectivity index (χ1n) is 12.1. The van der Waals surface area contributed by atoms with Gasteiger partial charge in [-0.3, -0.25) is 14.3 Å². The molecule has 1 aromatic heterocycles. The van der Waals surface area contributed by atoms with Gasteiger partial charge in [-0.05, 0) is 41.8 Å². The number of benzene rings is 3. The van der Waals surface area contributed by atoms with Gasteiger partial charge in [0.2, 0.25) is 5.91 Å². The molecule has 8 heteroatoms. The summed E-state index contributed by atoms with van der Waals surface area (Å²) < 4.78 is 7.53. The molecule has 4 aromatic rings. The summed E-state index contributed by atoms with van der Waals surface area (Å²) in [5, 5.41) is 10.7. The molecular formula is C28H32N4O4. The number of fused-ring (bicyclic) bond motifs is 1. The minimum atomic E-state index is -0.699. The number of aliphatic hydroxyl groups is 1. The predicted molar refractivity (Wildman–Crippen MR) is 140 cm³/mol. The number of amides is 1. The molecule has 4 N–H and O–H groups in total. The summed E-state index contributed by atoms with van der Waals surface area (Å²) in [4.78, 5) is 28.5. The van der Waals surface area contributed by atoms with Crippen molar-refractivity contribution >= 4 is 16.9 Å². The van der Waals surface area contributed by atoms with Crippen LogP contribution < -0.4 is 16.2 Å². The van der Waals surface area contributed by atoms with Gasteiger partial charge in [0.15, 0.2) is 0 Å². The quantitative estimate of drug-likeness (QED) is 0.268. The highest BCUT2D eigenvalue weighted by molar-refractivity contribution is 5.76. The van der Waals surface area contributed by atoms with Gasteiger partial charge in [0.1, 0.15) is 18.5 Å². The number of nitrogens with zero attached hydrogens (tertiary/aromatic N) is 2. The van der Waals surface area contributed by atoms with E-state index in [9.17, 15) is 14.7 Å². The Morgan fingerprint density at radius 3 is 2.47 bits per heavy atom. The number of ether oxygens (including phenoxy) is 1. The van der Waals surface area contributed by atoms with Gasteiger partial charge >= 0.3 is 5.69 Å². The van der Waals surface area contributed by atoms with Crippen LogP contribution in [0.5, 0.6) is 5.75 Å². The van der Waals surface area contributed by atoms with Crippen LogP contribution >= 0.6 is 0 Å². The molecule has 0 radical (unpaired) electrons. The van der Waals surface area contributed by atoms with Gasteiger partial charge < -0.3 is 20.6 Å². The van der Waals surface area contributed by atoms with Crippen molar-refractivity contribution in [1.82, 2.24) is 14.5 Å². The third-order valence-electron chi connectivity index (χ3n) is 6.00.